The number of carbonyl (C=O) groups excluding carboxylic acids is 2. The Morgan fingerprint density at radius 1 is 1.16 bits per heavy atom. The number of rotatable bonds is 5. The van der Waals surface area contributed by atoms with Gasteiger partial charge in [0, 0.05) is 24.1 Å². The molecule has 9 heteroatoms. The van der Waals surface area contributed by atoms with Crippen molar-refractivity contribution in [3.63, 3.8) is 0 Å². The van der Waals surface area contributed by atoms with E-state index in [1.54, 1.807) is 40.9 Å². The number of nitrogens with zero attached hydrogens (tertiary/aromatic N) is 3. The van der Waals surface area contributed by atoms with Crippen molar-refractivity contribution in [2.75, 3.05) is 10.2 Å². The Kier molecular flexibility index (Phi) is 6.39. The molecule has 4 rings (SSSR count). The number of anilines is 3. The molecule has 2 aromatic carbocycles. The summed E-state index contributed by atoms with van der Waals surface area (Å²) in [4.78, 5) is 28.1. The Labute approximate surface area is 196 Å². The van der Waals surface area contributed by atoms with Gasteiger partial charge in [0.15, 0.2) is 5.15 Å². The lowest BCUT2D eigenvalue weighted by molar-refractivity contribution is -0.127. The third-order valence-electron chi connectivity index (χ3n) is 5.37. The Morgan fingerprint density at radius 3 is 2.62 bits per heavy atom. The van der Waals surface area contributed by atoms with Crippen molar-refractivity contribution < 1.29 is 9.59 Å². The van der Waals surface area contributed by atoms with E-state index in [2.05, 4.69) is 15.7 Å². The fourth-order valence-corrected chi connectivity index (χ4v) is 4.32. The van der Waals surface area contributed by atoms with Crippen LogP contribution in [0.5, 0.6) is 0 Å². The summed E-state index contributed by atoms with van der Waals surface area (Å²) in [5.41, 5.74) is 2.64. The number of hydrogen-bond acceptors (Lipinski definition) is 4. The molecule has 0 saturated heterocycles. The molecule has 1 aromatic heterocycles. The highest BCUT2D eigenvalue weighted by Crippen LogP contribution is 2.39. The molecule has 0 fully saturated rings. The number of carbonyl (C=O) groups is 2. The number of nitrogens with one attached hydrogen (secondary N) is 2. The lowest BCUT2D eigenvalue weighted by atomic mass is 10.0. The smallest absolute Gasteiger partial charge is 0.254 e. The molecule has 166 valence electrons. The number of hydrogen-bond donors (Lipinski definition) is 2. The van der Waals surface area contributed by atoms with Gasteiger partial charge in [-0.2, -0.15) is 5.10 Å². The molecular weight excluding hydrogens is 449 g/mol. The lowest BCUT2D eigenvalue weighted by Gasteiger charge is -2.28. The maximum absolute atomic E-state index is 14.0. The topological polar surface area (TPSA) is 79.3 Å². The quantitative estimate of drug-likeness (QED) is 0.550. The molecule has 2 amide bonds. The summed E-state index contributed by atoms with van der Waals surface area (Å²) in [6, 6.07) is 13.6. The molecule has 2 heterocycles. The van der Waals surface area contributed by atoms with Gasteiger partial charge in [-0.05, 0) is 24.6 Å². The van der Waals surface area contributed by atoms with Gasteiger partial charge < -0.3 is 15.5 Å². The number of halogens is 2. The summed E-state index contributed by atoms with van der Waals surface area (Å²) in [5, 5.41) is 11.2. The van der Waals surface area contributed by atoms with Crippen LogP contribution in [-0.4, -0.2) is 21.6 Å². The summed E-state index contributed by atoms with van der Waals surface area (Å²) in [5.74, 6) is 0.179. The van der Waals surface area contributed by atoms with E-state index in [9.17, 15) is 9.59 Å². The highest BCUT2D eigenvalue weighted by Gasteiger charge is 2.34. The minimum atomic E-state index is -0.951. The molecule has 1 unspecified atom stereocenters. The minimum Gasteiger partial charge on any atom is -0.340 e. The van der Waals surface area contributed by atoms with E-state index in [0.717, 1.165) is 5.69 Å². The van der Waals surface area contributed by atoms with Gasteiger partial charge in [0.2, 0.25) is 5.91 Å². The van der Waals surface area contributed by atoms with Crippen molar-refractivity contribution in [3.8, 4) is 0 Å². The molecule has 0 bridgehead atoms. The van der Waals surface area contributed by atoms with Gasteiger partial charge in [-0.25, -0.2) is 0 Å². The monoisotopic (exact) mass is 471 g/mol. The SMILES string of the molecule is CCCC(=O)NC(C(=O)N1Cc2c(Cl)nn(C)c2Nc2ccccc21)c1ccccc1Cl. The molecule has 0 aliphatic carbocycles. The summed E-state index contributed by atoms with van der Waals surface area (Å²) < 4.78 is 1.65. The zero-order valence-electron chi connectivity index (χ0n) is 17.7. The summed E-state index contributed by atoms with van der Waals surface area (Å²) in [6.07, 6.45) is 0.978. The van der Waals surface area contributed by atoms with Crippen LogP contribution in [0, 0.1) is 0 Å². The van der Waals surface area contributed by atoms with Crippen molar-refractivity contribution in [1.29, 1.82) is 0 Å². The molecule has 1 atom stereocenters. The Balaban J connectivity index is 1.81. The average molecular weight is 472 g/mol. The van der Waals surface area contributed by atoms with Gasteiger partial charge in [-0.1, -0.05) is 60.5 Å². The van der Waals surface area contributed by atoms with E-state index in [1.807, 2.05) is 31.2 Å². The van der Waals surface area contributed by atoms with Crippen LogP contribution >= 0.6 is 23.2 Å². The van der Waals surface area contributed by atoms with Crippen molar-refractivity contribution in [2.45, 2.75) is 32.4 Å². The number of fused-ring (bicyclic) bond motifs is 2. The third kappa shape index (κ3) is 4.18. The van der Waals surface area contributed by atoms with Crippen LogP contribution in [0.2, 0.25) is 10.2 Å². The van der Waals surface area contributed by atoms with E-state index < -0.39 is 6.04 Å². The average Bonchev–Trinajstić information content (AvgIpc) is 2.94. The van der Waals surface area contributed by atoms with E-state index in [-0.39, 0.29) is 18.4 Å². The van der Waals surface area contributed by atoms with Gasteiger partial charge in [0.05, 0.1) is 23.5 Å². The van der Waals surface area contributed by atoms with E-state index in [4.69, 9.17) is 23.2 Å². The van der Waals surface area contributed by atoms with Gasteiger partial charge in [-0.15, -0.1) is 0 Å². The Bertz CT molecular complexity index is 1180. The van der Waals surface area contributed by atoms with E-state index in [1.165, 1.54) is 0 Å². The molecule has 32 heavy (non-hydrogen) atoms. The van der Waals surface area contributed by atoms with Crippen molar-refractivity contribution in [2.24, 2.45) is 7.05 Å². The first-order valence-electron chi connectivity index (χ1n) is 10.3. The zero-order chi connectivity index (χ0) is 22.8. The lowest BCUT2D eigenvalue weighted by Crippen LogP contribution is -2.43. The van der Waals surface area contributed by atoms with Crippen LogP contribution in [0.1, 0.15) is 36.9 Å². The molecule has 0 spiro atoms. The first-order chi connectivity index (χ1) is 15.4. The van der Waals surface area contributed by atoms with Crippen LogP contribution in [0.15, 0.2) is 48.5 Å². The highest BCUT2D eigenvalue weighted by atomic mass is 35.5. The molecule has 1 aliphatic heterocycles. The molecule has 7 nitrogen and oxygen atoms in total. The number of aryl methyl sites for hydroxylation is 1. The largest absolute Gasteiger partial charge is 0.340 e. The predicted molar refractivity (Wildman–Crippen MR) is 126 cm³/mol. The van der Waals surface area contributed by atoms with Crippen molar-refractivity contribution in [1.82, 2.24) is 15.1 Å². The van der Waals surface area contributed by atoms with Crippen molar-refractivity contribution in [3.05, 3.63) is 69.8 Å². The Morgan fingerprint density at radius 2 is 1.88 bits per heavy atom. The third-order valence-corrected chi connectivity index (χ3v) is 6.02. The summed E-state index contributed by atoms with van der Waals surface area (Å²) in [7, 11) is 1.79. The second-order valence-corrected chi connectivity index (χ2v) is 8.35. The molecule has 1 aliphatic rings. The maximum Gasteiger partial charge on any atom is 0.254 e. The first kappa shape index (κ1) is 22.2. The molecule has 3 aromatic rings. The van der Waals surface area contributed by atoms with Gasteiger partial charge in [-0.3, -0.25) is 14.3 Å². The number of aromatic nitrogens is 2. The van der Waals surface area contributed by atoms with Crippen molar-refractivity contribution >= 4 is 52.2 Å². The van der Waals surface area contributed by atoms with Crippen LogP contribution in [0.3, 0.4) is 0 Å². The van der Waals surface area contributed by atoms with Crippen LogP contribution in [0.25, 0.3) is 0 Å². The van der Waals surface area contributed by atoms with Gasteiger partial charge in [0.25, 0.3) is 5.91 Å². The van der Waals surface area contributed by atoms with E-state index in [0.29, 0.717) is 45.6 Å². The van der Waals surface area contributed by atoms with Crippen LogP contribution in [0.4, 0.5) is 17.2 Å². The molecular formula is C23H23Cl2N5O2. The minimum absolute atomic E-state index is 0.190. The van der Waals surface area contributed by atoms with Gasteiger partial charge >= 0.3 is 0 Å². The number of benzene rings is 2. The molecule has 0 radical (unpaired) electrons. The summed E-state index contributed by atoms with van der Waals surface area (Å²) >= 11 is 12.8. The predicted octanol–water partition coefficient (Wildman–Crippen LogP) is 4.97. The van der Waals surface area contributed by atoms with Crippen LogP contribution in [-0.2, 0) is 23.2 Å². The second kappa shape index (κ2) is 9.22. The fraction of sp³-hybridized carbons (Fsp3) is 0.261. The van der Waals surface area contributed by atoms with E-state index >= 15 is 0 Å². The maximum atomic E-state index is 14.0. The first-order valence-corrected chi connectivity index (χ1v) is 11.1. The normalized spacial score (nSPS) is 13.4. The second-order valence-electron chi connectivity index (χ2n) is 7.58. The number of amides is 2. The fourth-order valence-electron chi connectivity index (χ4n) is 3.81. The summed E-state index contributed by atoms with van der Waals surface area (Å²) in [6.45, 7) is 2.10. The van der Waals surface area contributed by atoms with Gasteiger partial charge in [0.1, 0.15) is 11.9 Å². The highest BCUT2D eigenvalue weighted by molar-refractivity contribution is 6.32. The van der Waals surface area contributed by atoms with Crippen LogP contribution < -0.4 is 15.5 Å². The number of para-hydroxylation sites is 2. The molecule has 0 saturated carbocycles. The Hall–Kier alpha value is -3.03. The molecule has 2 N–H and O–H groups in total. The zero-order valence-corrected chi connectivity index (χ0v) is 19.2. The standard InChI is InChI=1S/C23H23Cl2N5O2/c1-3-8-19(31)27-20(14-9-4-5-10-16(14)24)23(32)30-13-15-21(25)28-29(2)22(15)26-17-11-6-7-12-18(17)30/h4-7,9-12,20,26H,3,8,13H2,1-2H3,(H,27,31).